The summed E-state index contributed by atoms with van der Waals surface area (Å²) < 4.78 is 7.12. The van der Waals surface area contributed by atoms with Crippen molar-refractivity contribution in [1.82, 2.24) is 9.78 Å². The SMILES string of the molecule is C=Cc1ccc2c(C)nn(CCCOC)c2c1. The molecule has 0 aliphatic heterocycles. The van der Waals surface area contributed by atoms with Gasteiger partial charge in [-0.2, -0.15) is 5.10 Å². The average molecular weight is 230 g/mol. The Balaban J connectivity index is 2.37. The molecule has 2 aromatic rings. The summed E-state index contributed by atoms with van der Waals surface area (Å²) in [6.45, 7) is 7.50. The molecule has 0 radical (unpaired) electrons. The van der Waals surface area contributed by atoms with E-state index in [1.165, 1.54) is 10.9 Å². The van der Waals surface area contributed by atoms with Crippen molar-refractivity contribution in [3.8, 4) is 0 Å². The van der Waals surface area contributed by atoms with Crippen molar-refractivity contribution in [2.24, 2.45) is 0 Å². The van der Waals surface area contributed by atoms with Crippen LogP contribution < -0.4 is 0 Å². The summed E-state index contributed by atoms with van der Waals surface area (Å²) in [5, 5.41) is 5.78. The van der Waals surface area contributed by atoms with Crippen LogP contribution in [0.5, 0.6) is 0 Å². The quantitative estimate of drug-likeness (QED) is 0.738. The van der Waals surface area contributed by atoms with Gasteiger partial charge in [-0.25, -0.2) is 0 Å². The number of rotatable bonds is 5. The first kappa shape index (κ1) is 11.9. The Morgan fingerprint density at radius 3 is 3.00 bits per heavy atom. The topological polar surface area (TPSA) is 27.1 Å². The van der Waals surface area contributed by atoms with Gasteiger partial charge in [0.1, 0.15) is 0 Å². The Hall–Kier alpha value is -1.61. The summed E-state index contributed by atoms with van der Waals surface area (Å²) in [4.78, 5) is 0. The van der Waals surface area contributed by atoms with Gasteiger partial charge in [0.2, 0.25) is 0 Å². The predicted octanol–water partition coefficient (Wildman–Crippen LogP) is 3.02. The normalized spacial score (nSPS) is 10.9. The Morgan fingerprint density at radius 1 is 1.47 bits per heavy atom. The molecule has 0 amide bonds. The summed E-state index contributed by atoms with van der Waals surface area (Å²) in [5.74, 6) is 0. The number of aromatic nitrogens is 2. The second kappa shape index (κ2) is 5.15. The molecule has 0 saturated carbocycles. The summed E-state index contributed by atoms with van der Waals surface area (Å²) in [5.41, 5.74) is 3.38. The number of fused-ring (bicyclic) bond motifs is 1. The van der Waals surface area contributed by atoms with E-state index in [9.17, 15) is 0 Å². The van der Waals surface area contributed by atoms with Gasteiger partial charge < -0.3 is 4.74 Å². The standard InChI is InChI=1S/C14H18N2O/c1-4-12-6-7-13-11(2)15-16(14(13)10-12)8-5-9-17-3/h4,6-7,10H,1,5,8-9H2,2-3H3. The summed E-state index contributed by atoms with van der Waals surface area (Å²) in [6.07, 6.45) is 2.84. The van der Waals surface area contributed by atoms with Crippen LogP contribution in [0.4, 0.5) is 0 Å². The first-order valence-corrected chi connectivity index (χ1v) is 5.85. The minimum atomic E-state index is 0.765. The van der Waals surface area contributed by atoms with Crippen LogP contribution in [-0.2, 0) is 11.3 Å². The van der Waals surface area contributed by atoms with E-state index in [0.29, 0.717) is 0 Å². The third kappa shape index (κ3) is 2.39. The van der Waals surface area contributed by atoms with Crippen molar-refractivity contribution < 1.29 is 4.74 Å². The molecule has 17 heavy (non-hydrogen) atoms. The largest absolute Gasteiger partial charge is 0.385 e. The second-order valence-electron chi connectivity index (χ2n) is 4.14. The Morgan fingerprint density at radius 2 is 2.29 bits per heavy atom. The maximum atomic E-state index is 5.07. The van der Waals surface area contributed by atoms with E-state index >= 15 is 0 Å². The fourth-order valence-corrected chi connectivity index (χ4v) is 2.01. The molecule has 0 bridgehead atoms. The first-order valence-electron chi connectivity index (χ1n) is 5.85. The lowest BCUT2D eigenvalue weighted by Gasteiger charge is -2.03. The van der Waals surface area contributed by atoms with Gasteiger partial charge in [-0.3, -0.25) is 4.68 Å². The summed E-state index contributed by atoms with van der Waals surface area (Å²) in [6, 6.07) is 6.32. The van der Waals surface area contributed by atoms with E-state index in [1.54, 1.807) is 7.11 Å². The first-order chi connectivity index (χ1) is 8.26. The number of hydrogen-bond acceptors (Lipinski definition) is 2. The lowest BCUT2D eigenvalue weighted by molar-refractivity contribution is 0.189. The van der Waals surface area contributed by atoms with Gasteiger partial charge in [0, 0.05) is 25.6 Å². The average Bonchev–Trinajstić information content (AvgIpc) is 2.66. The predicted molar refractivity (Wildman–Crippen MR) is 71.1 cm³/mol. The number of ether oxygens (including phenoxy) is 1. The van der Waals surface area contributed by atoms with Crippen LogP contribution in [0.1, 0.15) is 17.7 Å². The van der Waals surface area contributed by atoms with Crippen LogP contribution in [0.25, 0.3) is 17.0 Å². The van der Waals surface area contributed by atoms with Gasteiger partial charge in [-0.1, -0.05) is 24.8 Å². The number of hydrogen-bond donors (Lipinski definition) is 0. The Kier molecular flexibility index (Phi) is 3.59. The molecule has 0 unspecified atom stereocenters. The smallest absolute Gasteiger partial charge is 0.0691 e. The zero-order valence-corrected chi connectivity index (χ0v) is 10.4. The molecule has 1 aromatic carbocycles. The number of aryl methyl sites for hydroxylation is 2. The fourth-order valence-electron chi connectivity index (χ4n) is 2.01. The zero-order chi connectivity index (χ0) is 12.3. The van der Waals surface area contributed by atoms with E-state index in [0.717, 1.165) is 30.8 Å². The van der Waals surface area contributed by atoms with E-state index in [1.807, 2.05) is 13.0 Å². The molecule has 1 heterocycles. The molecular formula is C14H18N2O. The van der Waals surface area contributed by atoms with Crippen LogP contribution in [0.15, 0.2) is 24.8 Å². The zero-order valence-electron chi connectivity index (χ0n) is 10.4. The fraction of sp³-hybridized carbons (Fsp3) is 0.357. The van der Waals surface area contributed by atoms with E-state index in [2.05, 4.69) is 34.6 Å². The lowest BCUT2D eigenvalue weighted by atomic mass is 10.1. The van der Waals surface area contributed by atoms with Crippen molar-refractivity contribution in [2.75, 3.05) is 13.7 Å². The van der Waals surface area contributed by atoms with E-state index < -0.39 is 0 Å². The summed E-state index contributed by atoms with van der Waals surface area (Å²) >= 11 is 0. The molecule has 90 valence electrons. The highest BCUT2D eigenvalue weighted by Crippen LogP contribution is 2.20. The highest BCUT2D eigenvalue weighted by molar-refractivity contribution is 5.84. The number of nitrogens with zero attached hydrogens (tertiary/aromatic N) is 2. The van der Waals surface area contributed by atoms with Gasteiger partial charge in [-0.15, -0.1) is 0 Å². The molecule has 1 aromatic heterocycles. The Bertz CT molecular complexity index is 528. The van der Waals surface area contributed by atoms with Crippen molar-refractivity contribution in [3.05, 3.63) is 36.0 Å². The van der Waals surface area contributed by atoms with Crippen molar-refractivity contribution in [3.63, 3.8) is 0 Å². The van der Waals surface area contributed by atoms with Crippen molar-refractivity contribution >= 4 is 17.0 Å². The van der Waals surface area contributed by atoms with Crippen molar-refractivity contribution in [1.29, 1.82) is 0 Å². The molecule has 0 spiro atoms. The highest BCUT2D eigenvalue weighted by atomic mass is 16.5. The minimum absolute atomic E-state index is 0.765. The molecule has 2 rings (SSSR count). The van der Waals surface area contributed by atoms with Gasteiger partial charge in [0.15, 0.2) is 0 Å². The maximum Gasteiger partial charge on any atom is 0.0691 e. The van der Waals surface area contributed by atoms with Gasteiger partial charge in [0.05, 0.1) is 11.2 Å². The van der Waals surface area contributed by atoms with Gasteiger partial charge in [0.25, 0.3) is 0 Å². The van der Waals surface area contributed by atoms with Crippen LogP contribution in [-0.4, -0.2) is 23.5 Å². The lowest BCUT2D eigenvalue weighted by Crippen LogP contribution is -2.03. The molecular weight excluding hydrogens is 212 g/mol. The van der Waals surface area contributed by atoms with Crippen LogP contribution in [0, 0.1) is 6.92 Å². The molecule has 0 aliphatic rings. The monoisotopic (exact) mass is 230 g/mol. The van der Waals surface area contributed by atoms with Gasteiger partial charge in [-0.05, 0) is 25.0 Å². The molecule has 0 N–H and O–H groups in total. The third-order valence-corrected chi connectivity index (χ3v) is 2.91. The third-order valence-electron chi connectivity index (χ3n) is 2.91. The van der Waals surface area contributed by atoms with Gasteiger partial charge >= 0.3 is 0 Å². The van der Waals surface area contributed by atoms with Crippen LogP contribution in [0.3, 0.4) is 0 Å². The molecule has 0 atom stereocenters. The molecule has 0 aliphatic carbocycles. The maximum absolute atomic E-state index is 5.07. The van der Waals surface area contributed by atoms with Crippen LogP contribution in [0.2, 0.25) is 0 Å². The molecule has 0 saturated heterocycles. The van der Waals surface area contributed by atoms with Crippen LogP contribution >= 0.6 is 0 Å². The number of methoxy groups -OCH3 is 1. The van der Waals surface area contributed by atoms with E-state index in [4.69, 9.17) is 4.74 Å². The Labute approximate surface area is 102 Å². The molecule has 3 nitrogen and oxygen atoms in total. The highest BCUT2D eigenvalue weighted by Gasteiger charge is 2.06. The van der Waals surface area contributed by atoms with E-state index in [-0.39, 0.29) is 0 Å². The molecule has 0 fully saturated rings. The molecule has 3 heteroatoms. The number of benzene rings is 1. The minimum Gasteiger partial charge on any atom is -0.385 e. The second-order valence-corrected chi connectivity index (χ2v) is 4.14. The summed E-state index contributed by atoms with van der Waals surface area (Å²) in [7, 11) is 1.72. The van der Waals surface area contributed by atoms with Crippen molar-refractivity contribution in [2.45, 2.75) is 19.9 Å².